The van der Waals surface area contributed by atoms with Gasteiger partial charge in [-0.3, -0.25) is 9.59 Å². The Morgan fingerprint density at radius 1 is 1.13 bits per heavy atom. The Labute approximate surface area is 234 Å². The highest BCUT2D eigenvalue weighted by Crippen LogP contribution is 2.24. The lowest BCUT2D eigenvalue weighted by atomic mass is 10.2. The molecule has 38 heavy (non-hydrogen) atoms. The van der Waals surface area contributed by atoms with Crippen LogP contribution in [0.1, 0.15) is 53.4 Å². The molecule has 0 fully saturated rings. The van der Waals surface area contributed by atoms with Crippen LogP contribution in [0.25, 0.3) is 0 Å². The number of carbonyl (C=O) groups excluding carboxylic acids is 3. The summed E-state index contributed by atoms with van der Waals surface area (Å²) in [5, 5.41) is 15.2. The molecule has 0 spiro atoms. The maximum absolute atomic E-state index is 12.7. The smallest absolute Gasteiger partial charge is 0.338 e. The summed E-state index contributed by atoms with van der Waals surface area (Å²) in [6.45, 7) is 9.44. The van der Waals surface area contributed by atoms with E-state index in [9.17, 15) is 14.4 Å². The molecule has 2 amide bonds. The van der Waals surface area contributed by atoms with Gasteiger partial charge in [-0.2, -0.15) is 0 Å². The number of nitrogens with one attached hydrogen (secondary N) is 2. The Kier molecular flexibility index (Phi) is 10.3. The van der Waals surface area contributed by atoms with Crippen molar-refractivity contribution >= 4 is 58.4 Å². The zero-order valence-corrected chi connectivity index (χ0v) is 23.4. The number of ether oxygens (including phenoxy) is 1. The molecule has 200 valence electrons. The number of allylic oxidation sites excluding steroid dienone is 1. The number of rotatable bonds is 11. The number of anilines is 1. The Bertz CT molecular complexity index is 1340. The first-order valence-corrected chi connectivity index (χ1v) is 13.4. The largest absolute Gasteiger partial charge is 0.459 e. The minimum atomic E-state index is -0.516. The monoisotopic (exact) mass is 575 g/mol. The van der Waals surface area contributed by atoms with Gasteiger partial charge in [-0.05, 0) is 57.2 Å². The molecular weight excluding hydrogens is 549 g/mol. The van der Waals surface area contributed by atoms with Crippen LogP contribution in [0.4, 0.5) is 5.69 Å². The fourth-order valence-electron chi connectivity index (χ4n) is 3.37. The highest BCUT2D eigenvalue weighted by Gasteiger charge is 2.21. The quantitative estimate of drug-likeness (QED) is 0.175. The van der Waals surface area contributed by atoms with Gasteiger partial charge in [0.1, 0.15) is 0 Å². The molecule has 0 bridgehead atoms. The summed E-state index contributed by atoms with van der Waals surface area (Å²) in [5.74, 6) is -0.618. The number of nitrogens with zero attached hydrogens (tertiary/aromatic N) is 3. The number of aromatic nitrogens is 3. The van der Waals surface area contributed by atoms with Crippen molar-refractivity contribution < 1.29 is 19.1 Å². The summed E-state index contributed by atoms with van der Waals surface area (Å²) >= 11 is 13.3. The van der Waals surface area contributed by atoms with Gasteiger partial charge in [-0.1, -0.05) is 47.1 Å². The summed E-state index contributed by atoms with van der Waals surface area (Å²) in [6.07, 6.45) is 1.42. The molecule has 0 saturated heterocycles. The van der Waals surface area contributed by atoms with Crippen molar-refractivity contribution in [2.24, 2.45) is 0 Å². The molecule has 12 heteroatoms. The SMILES string of the molecule is C=CCn1c(SCC(=O)Nc2cccc(C(=O)OC(C)C)c2)nnc1[C@H](C)NC(=O)c1ccc(Cl)cc1Cl. The van der Waals surface area contributed by atoms with Crippen molar-refractivity contribution in [3.63, 3.8) is 0 Å². The number of hydrogen-bond donors (Lipinski definition) is 2. The molecule has 0 aliphatic rings. The molecule has 2 N–H and O–H groups in total. The molecule has 0 unspecified atom stereocenters. The average Bonchev–Trinajstić information content (AvgIpc) is 3.25. The second-order valence-electron chi connectivity index (χ2n) is 8.43. The van der Waals surface area contributed by atoms with Crippen molar-refractivity contribution in [3.8, 4) is 0 Å². The Balaban J connectivity index is 1.65. The standard InChI is InChI=1S/C26H27Cl2N5O4S/c1-5-11-33-23(16(4)29-24(35)20-10-9-18(27)13-21(20)28)31-32-26(33)38-14-22(34)30-19-8-6-7-17(12-19)25(36)37-15(2)3/h5-10,12-13,15-16H,1,11,14H2,2-4H3,(H,29,35)(H,30,34)/t16-/m0/s1. The van der Waals surface area contributed by atoms with E-state index >= 15 is 0 Å². The number of esters is 1. The van der Waals surface area contributed by atoms with Gasteiger partial charge in [0.05, 0.1) is 34.0 Å². The third-order valence-electron chi connectivity index (χ3n) is 5.02. The normalized spacial score (nSPS) is 11.6. The van der Waals surface area contributed by atoms with Crippen LogP contribution in [0.15, 0.2) is 60.3 Å². The molecule has 9 nitrogen and oxygen atoms in total. The molecule has 2 aromatic carbocycles. The van der Waals surface area contributed by atoms with Crippen molar-refractivity contribution in [2.45, 2.75) is 44.6 Å². The molecule has 3 rings (SSSR count). The number of halogens is 2. The van der Waals surface area contributed by atoms with E-state index in [1.54, 1.807) is 67.8 Å². The van der Waals surface area contributed by atoms with Gasteiger partial charge >= 0.3 is 5.97 Å². The molecule has 3 aromatic rings. The Morgan fingerprint density at radius 3 is 2.58 bits per heavy atom. The van der Waals surface area contributed by atoms with Crippen molar-refractivity contribution in [3.05, 3.63) is 82.1 Å². The van der Waals surface area contributed by atoms with Crippen LogP contribution in [0, 0.1) is 0 Å². The second-order valence-corrected chi connectivity index (χ2v) is 10.2. The number of hydrogen-bond acceptors (Lipinski definition) is 7. The van der Waals surface area contributed by atoms with Gasteiger partial charge in [0.15, 0.2) is 11.0 Å². The van der Waals surface area contributed by atoms with E-state index in [4.69, 9.17) is 27.9 Å². The lowest BCUT2D eigenvalue weighted by Crippen LogP contribution is -2.29. The fourth-order valence-corrected chi connectivity index (χ4v) is 4.62. The van der Waals surface area contributed by atoms with E-state index in [1.165, 1.54) is 17.8 Å². The Morgan fingerprint density at radius 2 is 1.89 bits per heavy atom. The molecule has 0 saturated carbocycles. The van der Waals surface area contributed by atoms with Gasteiger partial charge in [-0.15, -0.1) is 16.8 Å². The van der Waals surface area contributed by atoms with Gasteiger partial charge < -0.3 is 19.9 Å². The van der Waals surface area contributed by atoms with Crippen LogP contribution < -0.4 is 10.6 Å². The number of benzene rings is 2. The minimum Gasteiger partial charge on any atom is -0.459 e. The van der Waals surface area contributed by atoms with E-state index in [1.807, 2.05) is 0 Å². The summed E-state index contributed by atoms with van der Waals surface area (Å²) < 4.78 is 6.96. The topological polar surface area (TPSA) is 115 Å². The fraction of sp³-hybridized carbons (Fsp3) is 0.269. The van der Waals surface area contributed by atoms with Crippen LogP contribution >= 0.6 is 35.0 Å². The van der Waals surface area contributed by atoms with E-state index in [0.29, 0.717) is 33.8 Å². The highest BCUT2D eigenvalue weighted by molar-refractivity contribution is 7.99. The summed E-state index contributed by atoms with van der Waals surface area (Å²) in [7, 11) is 0. The zero-order chi connectivity index (χ0) is 27.8. The summed E-state index contributed by atoms with van der Waals surface area (Å²) in [6, 6.07) is 10.6. The number of amides is 2. The highest BCUT2D eigenvalue weighted by atomic mass is 35.5. The zero-order valence-electron chi connectivity index (χ0n) is 21.0. The minimum absolute atomic E-state index is 0.0388. The van der Waals surface area contributed by atoms with Crippen LogP contribution in [0.5, 0.6) is 0 Å². The van der Waals surface area contributed by atoms with Crippen molar-refractivity contribution in [1.29, 1.82) is 0 Å². The van der Waals surface area contributed by atoms with E-state index in [2.05, 4.69) is 27.4 Å². The van der Waals surface area contributed by atoms with E-state index in [-0.39, 0.29) is 34.3 Å². The predicted molar refractivity (Wildman–Crippen MR) is 149 cm³/mol. The average molecular weight is 577 g/mol. The van der Waals surface area contributed by atoms with Crippen molar-refractivity contribution in [2.75, 3.05) is 11.1 Å². The molecule has 0 aliphatic carbocycles. The van der Waals surface area contributed by atoms with E-state index in [0.717, 1.165) is 0 Å². The maximum Gasteiger partial charge on any atom is 0.338 e. The van der Waals surface area contributed by atoms with Crippen LogP contribution in [0.2, 0.25) is 10.0 Å². The molecule has 0 radical (unpaired) electrons. The van der Waals surface area contributed by atoms with Crippen LogP contribution in [0.3, 0.4) is 0 Å². The third kappa shape index (κ3) is 7.83. The van der Waals surface area contributed by atoms with Gasteiger partial charge in [0, 0.05) is 17.3 Å². The van der Waals surface area contributed by atoms with Gasteiger partial charge in [0.2, 0.25) is 5.91 Å². The molecule has 1 aromatic heterocycles. The summed E-state index contributed by atoms with van der Waals surface area (Å²) in [4.78, 5) is 37.5. The van der Waals surface area contributed by atoms with Crippen molar-refractivity contribution in [1.82, 2.24) is 20.1 Å². The maximum atomic E-state index is 12.7. The molecule has 1 atom stereocenters. The Hall–Kier alpha value is -3.34. The first-order chi connectivity index (χ1) is 18.1. The molecule has 1 heterocycles. The first kappa shape index (κ1) is 29.2. The van der Waals surface area contributed by atoms with Gasteiger partial charge in [-0.25, -0.2) is 4.79 Å². The number of thioether (sulfide) groups is 1. The second kappa shape index (κ2) is 13.5. The van der Waals surface area contributed by atoms with Crippen LogP contribution in [-0.4, -0.2) is 44.4 Å². The lowest BCUT2D eigenvalue weighted by molar-refractivity contribution is -0.113. The molecule has 0 aliphatic heterocycles. The summed E-state index contributed by atoms with van der Waals surface area (Å²) in [5.41, 5.74) is 1.10. The van der Waals surface area contributed by atoms with Gasteiger partial charge in [0.25, 0.3) is 5.91 Å². The first-order valence-electron chi connectivity index (χ1n) is 11.6. The van der Waals surface area contributed by atoms with E-state index < -0.39 is 12.0 Å². The lowest BCUT2D eigenvalue weighted by Gasteiger charge is -2.16. The predicted octanol–water partition coefficient (Wildman–Crippen LogP) is 5.56. The van der Waals surface area contributed by atoms with Crippen LogP contribution in [-0.2, 0) is 16.1 Å². The third-order valence-corrected chi connectivity index (χ3v) is 6.54. The molecular formula is C26H27Cl2N5O4S. The number of carbonyl (C=O) groups is 3.